The zero-order chi connectivity index (χ0) is 17.4. The molecule has 0 aliphatic heterocycles. The zero-order valence-electron chi connectivity index (χ0n) is 14.3. The first-order valence-electron chi connectivity index (χ1n) is 9.13. The molecule has 4 fully saturated rings. The summed E-state index contributed by atoms with van der Waals surface area (Å²) in [4.78, 5) is 36.8. The maximum atomic E-state index is 12.8. The van der Waals surface area contributed by atoms with Gasteiger partial charge in [-0.3, -0.25) is 14.4 Å². The van der Waals surface area contributed by atoms with Gasteiger partial charge in [0.2, 0.25) is 0 Å². The largest absolute Gasteiger partial charge is 0.393 e. The number of aliphatic hydroxyl groups excluding tert-OH is 2. The topological polar surface area (TPSA) is 91.7 Å². The Morgan fingerprint density at radius 3 is 2.38 bits per heavy atom. The van der Waals surface area contributed by atoms with Crippen LogP contribution in [0.4, 0.5) is 0 Å². The molecule has 8 atom stereocenters. The van der Waals surface area contributed by atoms with Crippen molar-refractivity contribution in [3.8, 4) is 0 Å². The van der Waals surface area contributed by atoms with Gasteiger partial charge in [-0.1, -0.05) is 13.8 Å². The summed E-state index contributed by atoms with van der Waals surface area (Å²) in [5.41, 5.74) is -0.974. The van der Waals surface area contributed by atoms with E-state index in [2.05, 4.69) is 0 Å². The van der Waals surface area contributed by atoms with Gasteiger partial charge in [-0.2, -0.15) is 0 Å². The molecule has 0 aromatic rings. The van der Waals surface area contributed by atoms with Gasteiger partial charge in [-0.05, 0) is 47.8 Å². The van der Waals surface area contributed by atoms with Crippen molar-refractivity contribution >= 4 is 17.3 Å². The fourth-order valence-corrected chi connectivity index (χ4v) is 6.85. The number of carbonyl (C=O) groups is 3. The van der Waals surface area contributed by atoms with E-state index < -0.39 is 35.1 Å². The summed E-state index contributed by atoms with van der Waals surface area (Å²) in [5.74, 6) is -1.13. The minimum Gasteiger partial charge on any atom is -0.393 e. The predicted molar refractivity (Wildman–Crippen MR) is 84.9 cm³/mol. The molecule has 0 aromatic carbocycles. The van der Waals surface area contributed by atoms with Gasteiger partial charge in [0.25, 0.3) is 0 Å². The number of aliphatic hydroxyl groups is 2. The van der Waals surface area contributed by atoms with Crippen LogP contribution in [0.25, 0.3) is 0 Å². The van der Waals surface area contributed by atoms with E-state index in [0.717, 1.165) is 6.42 Å². The number of rotatable bonds is 0. The predicted octanol–water partition coefficient (Wildman–Crippen LogP) is 1.29. The van der Waals surface area contributed by atoms with Crippen LogP contribution in [0.5, 0.6) is 0 Å². The number of hydrogen-bond acceptors (Lipinski definition) is 5. The summed E-state index contributed by atoms with van der Waals surface area (Å²) in [7, 11) is 0. The van der Waals surface area contributed by atoms with Gasteiger partial charge in [0, 0.05) is 25.2 Å². The summed E-state index contributed by atoms with van der Waals surface area (Å²) in [5, 5.41) is 21.4. The molecule has 5 nitrogen and oxygen atoms in total. The molecule has 0 spiro atoms. The SMILES string of the molecule is C[C@]12C[C@@H](O)[C@H]3[C@@H](CC(=O)C4CC(=O)C(=O)C[C@@]43C)[C@@H]1CC[C@@H]2O. The van der Waals surface area contributed by atoms with Crippen LogP contribution >= 0.6 is 0 Å². The van der Waals surface area contributed by atoms with Crippen LogP contribution in [0, 0.1) is 34.5 Å². The average Bonchev–Trinajstić information content (AvgIpc) is 2.77. The van der Waals surface area contributed by atoms with Crippen LogP contribution < -0.4 is 0 Å². The molecule has 0 radical (unpaired) electrons. The third-order valence-electron chi connectivity index (χ3n) is 8.03. The number of ketones is 3. The Balaban J connectivity index is 1.76. The third kappa shape index (κ3) is 1.91. The van der Waals surface area contributed by atoms with Gasteiger partial charge in [0.05, 0.1) is 12.2 Å². The quantitative estimate of drug-likeness (QED) is 0.651. The first-order valence-corrected chi connectivity index (χ1v) is 9.13. The van der Waals surface area contributed by atoms with Crippen LogP contribution in [-0.2, 0) is 14.4 Å². The van der Waals surface area contributed by atoms with E-state index in [1.54, 1.807) is 0 Å². The molecule has 0 amide bonds. The highest BCUT2D eigenvalue weighted by atomic mass is 16.3. The maximum absolute atomic E-state index is 12.8. The second kappa shape index (κ2) is 4.98. The molecule has 0 bridgehead atoms. The van der Waals surface area contributed by atoms with Crippen LogP contribution in [0.3, 0.4) is 0 Å². The van der Waals surface area contributed by atoms with Crippen molar-refractivity contribution in [3.63, 3.8) is 0 Å². The fourth-order valence-electron chi connectivity index (χ4n) is 6.85. The Hall–Kier alpha value is -1.07. The van der Waals surface area contributed by atoms with Gasteiger partial charge in [-0.25, -0.2) is 0 Å². The number of fused-ring (bicyclic) bond motifs is 5. The van der Waals surface area contributed by atoms with Crippen molar-refractivity contribution < 1.29 is 24.6 Å². The number of Topliss-reactive ketones (excluding diaryl/α,β-unsaturated/α-hetero) is 3. The highest BCUT2D eigenvalue weighted by molar-refractivity contribution is 6.38. The van der Waals surface area contributed by atoms with Gasteiger partial charge < -0.3 is 10.2 Å². The standard InChI is InChI=1S/C19H26O5/c1-18-8-15(23)17-9(10(18)3-4-16(18)24)5-12(20)11-6-13(21)14(22)7-19(11,17)2/h9-11,15-17,23-24H,3-8H2,1-2H3/t9-,10-,11?,15+,16-,17+,18-,19-/m0/s1. The van der Waals surface area contributed by atoms with Crippen LogP contribution in [0.15, 0.2) is 0 Å². The summed E-state index contributed by atoms with van der Waals surface area (Å²) in [6, 6.07) is 0. The minimum atomic E-state index is -0.634. The molecule has 0 saturated heterocycles. The molecule has 0 aromatic heterocycles. The molecular formula is C19H26O5. The third-order valence-corrected chi connectivity index (χ3v) is 8.03. The van der Waals surface area contributed by atoms with Crippen molar-refractivity contribution in [1.82, 2.24) is 0 Å². The van der Waals surface area contributed by atoms with Crippen molar-refractivity contribution in [3.05, 3.63) is 0 Å². The first kappa shape index (κ1) is 16.4. The van der Waals surface area contributed by atoms with Crippen LogP contribution in [0.2, 0.25) is 0 Å². The van der Waals surface area contributed by atoms with E-state index in [-0.39, 0.29) is 41.8 Å². The van der Waals surface area contributed by atoms with E-state index in [1.165, 1.54) is 0 Å². The summed E-state index contributed by atoms with van der Waals surface area (Å²) >= 11 is 0. The van der Waals surface area contributed by atoms with Crippen LogP contribution in [-0.4, -0.2) is 39.8 Å². The highest BCUT2D eigenvalue weighted by Gasteiger charge is 2.65. The molecule has 4 aliphatic rings. The Kier molecular flexibility index (Phi) is 3.40. The Morgan fingerprint density at radius 1 is 0.958 bits per heavy atom. The zero-order valence-corrected chi connectivity index (χ0v) is 14.3. The maximum Gasteiger partial charge on any atom is 0.199 e. The molecule has 4 aliphatic carbocycles. The molecule has 2 N–H and O–H groups in total. The smallest absolute Gasteiger partial charge is 0.199 e. The molecule has 132 valence electrons. The average molecular weight is 334 g/mol. The van der Waals surface area contributed by atoms with Gasteiger partial charge in [-0.15, -0.1) is 0 Å². The minimum absolute atomic E-state index is 0.00523. The first-order chi connectivity index (χ1) is 11.2. The lowest BCUT2D eigenvalue weighted by atomic mass is 9.44. The lowest BCUT2D eigenvalue weighted by molar-refractivity contribution is -0.184. The molecule has 1 unspecified atom stereocenters. The van der Waals surface area contributed by atoms with E-state index in [9.17, 15) is 24.6 Å². The van der Waals surface area contributed by atoms with E-state index in [1.807, 2.05) is 13.8 Å². The van der Waals surface area contributed by atoms with E-state index in [4.69, 9.17) is 0 Å². The van der Waals surface area contributed by atoms with Gasteiger partial charge in [0.15, 0.2) is 11.6 Å². The molecule has 4 saturated carbocycles. The normalized spacial score (nSPS) is 54.2. The highest BCUT2D eigenvalue weighted by Crippen LogP contribution is 2.64. The van der Waals surface area contributed by atoms with Crippen molar-refractivity contribution in [1.29, 1.82) is 0 Å². The Bertz CT molecular complexity index is 627. The number of hydrogen-bond donors (Lipinski definition) is 2. The Morgan fingerprint density at radius 2 is 1.67 bits per heavy atom. The summed E-state index contributed by atoms with van der Waals surface area (Å²) < 4.78 is 0. The van der Waals surface area contributed by atoms with Crippen LogP contribution in [0.1, 0.15) is 52.4 Å². The van der Waals surface area contributed by atoms with Gasteiger partial charge >= 0.3 is 0 Å². The molecule has 24 heavy (non-hydrogen) atoms. The summed E-state index contributed by atoms with van der Waals surface area (Å²) in [6.45, 7) is 3.96. The van der Waals surface area contributed by atoms with E-state index >= 15 is 0 Å². The van der Waals surface area contributed by atoms with Crippen molar-refractivity contribution in [2.24, 2.45) is 34.5 Å². The molecular weight excluding hydrogens is 308 g/mol. The monoisotopic (exact) mass is 334 g/mol. The lowest BCUT2D eigenvalue weighted by Crippen LogP contribution is -2.62. The van der Waals surface area contributed by atoms with Crippen molar-refractivity contribution in [2.45, 2.75) is 64.6 Å². The Labute approximate surface area is 141 Å². The molecule has 5 heteroatoms. The lowest BCUT2D eigenvalue weighted by Gasteiger charge is -2.60. The van der Waals surface area contributed by atoms with E-state index in [0.29, 0.717) is 19.3 Å². The second-order valence-electron chi connectivity index (χ2n) is 9.12. The molecule has 4 rings (SSSR count). The molecule has 0 heterocycles. The van der Waals surface area contributed by atoms with Gasteiger partial charge in [0.1, 0.15) is 5.78 Å². The number of carbonyl (C=O) groups excluding carboxylic acids is 3. The van der Waals surface area contributed by atoms with Crippen molar-refractivity contribution in [2.75, 3.05) is 0 Å². The second-order valence-corrected chi connectivity index (χ2v) is 9.12. The summed E-state index contributed by atoms with van der Waals surface area (Å²) in [6.07, 6.45) is 1.48. The fraction of sp³-hybridized carbons (Fsp3) is 0.842.